The molecule has 22 heavy (non-hydrogen) atoms. The third kappa shape index (κ3) is 6.32. The van der Waals surface area contributed by atoms with Gasteiger partial charge in [-0.1, -0.05) is 0 Å². The van der Waals surface area contributed by atoms with Crippen LogP contribution in [0.4, 0.5) is 0 Å². The van der Waals surface area contributed by atoms with E-state index < -0.39 is 0 Å². The Balaban J connectivity index is 2.70. The third-order valence-electron chi connectivity index (χ3n) is 3.40. The van der Waals surface area contributed by atoms with Crippen molar-refractivity contribution >= 4 is 6.47 Å². The Morgan fingerprint density at radius 1 is 1.45 bits per heavy atom. The fraction of sp³-hybridized carbons (Fsp3) is 0.562. The van der Waals surface area contributed by atoms with Crippen molar-refractivity contribution < 1.29 is 14.6 Å². The Kier molecular flexibility index (Phi) is 8.32. The largest absolute Gasteiger partial charge is 0.463 e. The van der Waals surface area contributed by atoms with Crippen molar-refractivity contribution in [2.45, 2.75) is 25.5 Å². The van der Waals surface area contributed by atoms with Crippen molar-refractivity contribution in [2.24, 2.45) is 0 Å². The van der Waals surface area contributed by atoms with E-state index in [1.807, 2.05) is 33.2 Å². The lowest BCUT2D eigenvalue weighted by Gasteiger charge is -2.24. The summed E-state index contributed by atoms with van der Waals surface area (Å²) in [5.74, 6) is 0. The first-order valence-corrected chi connectivity index (χ1v) is 7.54. The highest BCUT2D eigenvalue weighted by atomic mass is 16.5. The molecule has 0 heterocycles. The molecular formula is C16H27N3O3. The van der Waals surface area contributed by atoms with Crippen molar-refractivity contribution in [1.82, 2.24) is 15.5 Å². The van der Waals surface area contributed by atoms with Gasteiger partial charge in [0.05, 0.1) is 6.54 Å². The van der Waals surface area contributed by atoms with Crippen LogP contribution in [0, 0.1) is 0 Å². The molecule has 0 aromatic carbocycles. The van der Waals surface area contributed by atoms with E-state index in [2.05, 4.69) is 27.7 Å². The highest BCUT2D eigenvalue weighted by molar-refractivity contribution is 5.37. The average molecular weight is 309 g/mol. The number of rotatable bonds is 10. The van der Waals surface area contributed by atoms with Gasteiger partial charge in [-0.05, 0) is 44.7 Å². The van der Waals surface area contributed by atoms with E-state index in [1.54, 1.807) is 0 Å². The zero-order valence-electron chi connectivity index (χ0n) is 13.6. The maximum Gasteiger partial charge on any atom is 0.293 e. The summed E-state index contributed by atoms with van der Waals surface area (Å²) in [5.41, 5.74) is 2.07. The predicted molar refractivity (Wildman–Crippen MR) is 87.1 cm³/mol. The summed E-state index contributed by atoms with van der Waals surface area (Å²) in [4.78, 5) is 12.4. The molecule has 1 rings (SSSR count). The van der Waals surface area contributed by atoms with Crippen LogP contribution < -0.4 is 10.6 Å². The molecule has 0 aromatic heterocycles. The van der Waals surface area contributed by atoms with E-state index in [-0.39, 0.29) is 18.8 Å². The highest BCUT2D eigenvalue weighted by Gasteiger charge is 2.12. The highest BCUT2D eigenvalue weighted by Crippen LogP contribution is 2.13. The molecular weight excluding hydrogens is 282 g/mol. The summed E-state index contributed by atoms with van der Waals surface area (Å²) in [6, 6.07) is 0.103. The Morgan fingerprint density at radius 2 is 2.23 bits per heavy atom. The van der Waals surface area contributed by atoms with Crippen molar-refractivity contribution in [3.63, 3.8) is 0 Å². The van der Waals surface area contributed by atoms with Gasteiger partial charge in [0.15, 0.2) is 0 Å². The molecule has 0 amide bonds. The summed E-state index contributed by atoms with van der Waals surface area (Å²) in [6.45, 7) is 3.88. The number of nitrogens with one attached hydrogen (secondary N) is 2. The molecule has 0 aromatic rings. The zero-order valence-corrected chi connectivity index (χ0v) is 13.6. The van der Waals surface area contributed by atoms with Gasteiger partial charge in [-0.25, -0.2) is 0 Å². The van der Waals surface area contributed by atoms with Gasteiger partial charge < -0.3 is 25.4 Å². The molecule has 3 N–H and O–H groups in total. The molecule has 6 heteroatoms. The predicted octanol–water partition coefficient (Wildman–Crippen LogP) is 0.377. The molecule has 0 spiro atoms. The van der Waals surface area contributed by atoms with Crippen molar-refractivity contribution in [3.8, 4) is 0 Å². The summed E-state index contributed by atoms with van der Waals surface area (Å²) >= 11 is 0. The van der Waals surface area contributed by atoms with Crippen LogP contribution in [0.2, 0.25) is 0 Å². The molecule has 0 aliphatic heterocycles. The van der Waals surface area contributed by atoms with Crippen LogP contribution in [0.5, 0.6) is 0 Å². The van der Waals surface area contributed by atoms with Crippen LogP contribution in [0.1, 0.15) is 13.3 Å². The number of hydrogen-bond acceptors (Lipinski definition) is 6. The van der Waals surface area contributed by atoms with Gasteiger partial charge in [0.2, 0.25) is 0 Å². The number of ether oxygens (including phenoxy) is 1. The van der Waals surface area contributed by atoms with Crippen LogP contribution in [0.3, 0.4) is 0 Å². The average Bonchev–Trinajstić information content (AvgIpc) is 2.70. The van der Waals surface area contributed by atoms with Crippen LogP contribution in [0.15, 0.2) is 35.7 Å². The fourth-order valence-electron chi connectivity index (χ4n) is 2.19. The van der Waals surface area contributed by atoms with Crippen molar-refractivity contribution in [1.29, 1.82) is 0 Å². The van der Waals surface area contributed by atoms with Crippen molar-refractivity contribution in [3.05, 3.63) is 35.7 Å². The Labute approximate surface area is 132 Å². The number of carbonyl (C=O) groups excluding carboxylic acids is 1. The molecule has 1 aliphatic rings. The van der Waals surface area contributed by atoms with E-state index in [9.17, 15) is 4.79 Å². The molecule has 1 aliphatic carbocycles. The molecule has 0 saturated heterocycles. The number of likely N-dealkylation sites (N-methyl/N-ethyl adjacent to an activating group) is 2. The first-order valence-electron chi connectivity index (χ1n) is 7.54. The first-order chi connectivity index (χ1) is 10.6. The monoisotopic (exact) mass is 309 g/mol. The molecule has 0 bridgehead atoms. The lowest BCUT2D eigenvalue weighted by molar-refractivity contribution is -0.133. The number of aliphatic hydroxyl groups is 1. The number of nitrogens with zero attached hydrogens (tertiary/aromatic N) is 1. The normalized spacial score (nSPS) is 18.8. The van der Waals surface area contributed by atoms with Crippen LogP contribution >= 0.6 is 0 Å². The molecule has 0 fully saturated rings. The summed E-state index contributed by atoms with van der Waals surface area (Å²) in [7, 11) is 3.88. The van der Waals surface area contributed by atoms with Gasteiger partial charge in [0.1, 0.15) is 6.10 Å². The maximum atomic E-state index is 10.4. The smallest absolute Gasteiger partial charge is 0.293 e. The maximum absolute atomic E-state index is 10.4. The van der Waals surface area contributed by atoms with Crippen molar-refractivity contribution in [2.75, 3.05) is 33.8 Å². The molecule has 124 valence electrons. The van der Waals surface area contributed by atoms with Gasteiger partial charge in [0.25, 0.3) is 6.47 Å². The van der Waals surface area contributed by atoms with E-state index in [0.717, 1.165) is 24.4 Å². The first kappa shape index (κ1) is 18.3. The summed E-state index contributed by atoms with van der Waals surface area (Å²) in [6.07, 6.45) is 8.81. The zero-order chi connectivity index (χ0) is 16.4. The lowest BCUT2D eigenvalue weighted by atomic mass is 10.2. The quantitative estimate of drug-likeness (QED) is 0.400. The number of allylic oxidation sites excluding steroid dienone is 2. The summed E-state index contributed by atoms with van der Waals surface area (Å²) < 4.78 is 4.94. The molecule has 2 atom stereocenters. The minimum atomic E-state index is -0.164. The fourth-order valence-corrected chi connectivity index (χ4v) is 2.19. The molecule has 6 nitrogen and oxygen atoms in total. The van der Waals surface area contributed by atoms with E-state index in [0.29, 0.717) is 13.0 Å². The van der Waals surface area contributed by atoms with Gasteiger partial charge in [-0.2, -0.15) is 0 Å². The number of hydrogen-bond donors (Lipinski definition) is 3. The van der Waals surface area contributed by atoms with Crippen LogP contribution in [-0.4, -0.2) is 62.4 Å². The summed E-state index contributed by atoms with van der Waals surface area (Å²) in [5, 5.41) is 15.4. The van der Waals surface area contributed by atoms with E-state index >= 15 is 0 Å². The van der Waals surface area contributed by atoms with E-state index in [1.165, 1.54) is 0 Å². The van der Waals surface area contributed by atoms with Crippen LogP contribution in [0.25, 0.3) is 0 Å². The second-order valence-corrected chi connectivity index (χ2v) is 5.29. The number of aliphatic hydroxyl groups excluding tert-OH is 1. The van der Waals surface area contributed by atoms with Gasteiger partial charge >= 0.3 is 0 Å². The Hall–Kier alpha value is -1.79. The second-order valence-electron chi connectivity index (χ2n) is 5.29. The van der Waals surface area contributed by atoms with Gasteiger partial charge in [0, 0.05) is 37.6 Å². The standard InChI is InChI=1S/C16H27N3O3/c1-13(22-12-21)11-19(3)16-6-5-14(18-7-4-8-20)9-15(10-16)17-2/h5-6,9-10,12-13,15,17-18,20H,4,7-8,11H2,1-3H3. The topological polar surface area (TPSA) is 73.8 Å². The number of carbonyl (C=O) groups is 1. The third-order valence-corrected chi connectivity index (χ3v) is 3.40. The molecule has 2 unspecified atom stereocenters. The second kappa shape index (κ2) is 10.0. The van der Waals surface area contributed by atoms with Crippen LogP contribution in [-0.2, 0) is 9.53 Å². The SMILES string of the molecule is CNC1C=C(NCCCO)C=CC(N(C)CC(C)OC=O)=C1. The Bertz CT molecular complexity index is 432. The van der Waals surface area contributed by atoms with E-state index in [4.69, 9.17) is 9.84 Å². The Morgan fingerprint density at radius 3 is 2.86 bits per heavy atom. The molecule has 0 saturated carbocycles. The lowest BCUT2D eigenvalue weighted by Crippen LogP contribution is -2.29. The molecule has 0 radical (unpaired) electrons. The minimum absolute atomic E-state index is 0.103. The van der Waals surface area contributed by atoms with Gasteiger partial charge in [-0.15, -0.1) is 0 Å². The van der Waals surface area contributed by atoms with Gasteiger partial charge in [-0.3, -0.25) is 4.79 Å². The minimum Gasteiger partial charge on any atom is -0.463 e.